The maximum Gasteiger partial charge on any atom is 0.326 e. The number of nitro groups is 1. The first kappa shape index (κ1) is 34.5. The monoisotopic (exact) mass is 694 g/mol. The Kier molecular flexibility index (Phi) is 8.43. The van der Waals surface area contributed by atoms with Crippen molar-refractivity contribution in [3.63, 3.8) is 0 Å². The smallest absolute Gasteiger partial charge is 0.326 e. The molecule has 1 aromatic rings. The summed E-state index contributed by atoms with van der Waals surface area (Å²) in [6, 6.07) is 0.626. The van der Waals surface area contributed by atoms with E-state index in [1.54, 1.807) is 19.9 Å². The number of nitro benzene ring substituents is 1. The topological polar surface area (TPSA) is 208 Å². The van der Waals surface area contributed by atoms with Crippen molar-refractivity contribution in [2.24, 2.45) is 0 Å². The van der Waals surface area contributed by atoms with Gasteiger partial charge >= 0.3 is 11.9 Å². The lowest BCUT2D eigenvalue weighted by Gasteiger charge is -2.50. The van der Waals surface area contributed by atoms with Crippen LogP contribution in [-0.2, 0) is 38.3 Å². The first-order chi connectivity index (χ1) is 23.6. The fraction of sp³-hybridized carbons (Fsp3) is 0.545. The number of allylic oxidation sites excluding steroid dienone is 1. The summed E-state index contributed by atoms with van der Waals surface area (Å²) in [5.41, 5.74) is -3.84. The third kappa shape index (κ3) is 5.08. The van der Waals surface area contributed by atoms with E-state index in [0.29, 0.717) is 6.42 Å². The largest absolute Gasteiger partial charge is 0.480 e. The van der Waals surface area contributed by atoms with Crippen LogP contribution in [0.5, 0.6) is 0 Å². The van der Waals surface area contributed by atoms with Gasteiger partial charge in [0, 0.05) is 56.5 Å². The molecule has 17 heteroatoms. The molecule has 266 valence electrons. The number of piperazine rings is 2. The molecule has 0 saturated carbocycles. The molecule has 1 aromatic carbocycles. The third-order valence-electron chi connectivity index (χ3n) is 10.6. The highest BCUT2D eigenvalue weighted by Gasteiger charge is 2.71. The Morgan fingerprint density at radius 3 is 2.24 bits per heavy atom. The van der Waals surface area contributed by atoms with Crippen molar-refractivity contribution in [1.82, 2.24) is 19.6 Å². The third-order valence-corrected chi connectivity index (χ3v) is 10.6. The molecule has 0 aromatic heterocycles. The Balaban J connectivity index is 1.41. The summed E-state index contributed by atoms with van der Waals surface area (Å²) < 4.78 is 5.59. The number of benzene rings is 1. The predicted molar refractivity (Wildman–Crippen MR) is 171 cm³/mol. The first-order valence-corrected chi connectivity index (χ1v) is 16.4. The zero-order chi connectivity index (χ0) is 36.4. The summed E-state index contributed by atoms with van der Waals surface area (Å²) in [5, 5.41) is 21.5. The summed E-state index contributed by atoms with van der Waals surface area (Å²) >= 11 is 0. The Morgan fingerprint density at radius 2 is 1.68 bits per heavy atom. The van der Waals surface area contributed by atoms with Crippen LogP contribution in [-0.4, -0.2) is 132 Å². The number of amides is 5. The highest BCUT2D eigenvalue weighted by atomic mass is 16.6. The van der Waals surface area contributed by atoms with E-state index in [9.17, 15) is 48.8 Å². The first-order valence-electron chi connectivity index (χ1n) is 16.4. The Bertz CT molecular complexity index is 1690. The number of anilines is 1. The number of esters is 1. The van der Waals surface area contributed by atoms with Crippen molar-refractivity contribution in [2.75, 3.05) is 24.5 Å². The van der Waals surface area contributed by atoms with E-state index in [4.69, 9.17) is 4.74 Å². The molecule has 17 nitrogen and oxygen atoms in total. The summed E-state index contributed by atoms with van der Waals surface area (Å²) in [6.45, 7) is 7.27. The SMILES string of the molecule is C=CCCC(=O)O[C@@H]1C[C@H]2C(=O)N(C(C)C)C3(C[C@H]4C(=O)N(c5ccc([N+](=O)[O-])cc5)C5(CC(C(=O)O)N(C(C)=O)C5)C(=O)N4C3)C(=O)N2C1. The van der Waals surface area contributed by atoms with Crippen molar-refractivity contribution in [3.8, 4) is 0 Å². The van der Waals surface area contributed by atoms with Gasteiger partial charge in [-0.05, 0) is 32.4 Å². The quantitative estimate of drug-likeness (QED) is 0.171. The number of aliphatic carboxylic acids is 1. The van der Waals surface area contributed by atoms with Gasteiger partial charge < -0.3 is 29.4 Å². The summed E-state index contributed by atoms with van der Waals surface area (Å²) in [6.07, 6.45) is 0.655. The zero-order valence-corrected chi connectivity index (χ0v) is 27.9. The minimum atomic E-state index is -1.94. The van der Waals surface area contributed by atoms with Crippen molar-refractivity contribution >= 4 is 52.8 Å². The number of fused-ring (bicyclic) bond motifs is 2. The summed E-state index contributed by atoms with van der Waals surface area (Å²) in [4.78, 5) is 113. The second-order valence-electron chi connectivity index (χ2n) is 13.8. The van der Waals surface area contributed by atoms with Gasteiger partial charge in [-0.1, -0.05) is 6.08 Å². The summed E-state index contributed by atoms with van der Waals surface area (Å²) in [5.74, 6) is -4.85. The molecule has 6 atom stereocenters. The number of carboxylic acids is 1. The van der Waals surface area contributed by atoms with Gasteiger partial charge in [0.15, 0.2) is 0 Å². The standard InChI is InChI=1S/C33H38N6O11/c1-5-6-7-26(41)50-22-12-23-27(42)37(18(2)3)32(30(46)34(23)15-22)13-24-28(43)38(20-8-10-21(11-9-20)39(48)49)33(31(47)36(24)17-32)14-25(29(44)45)35(16-33)19(4)40/h5,8-11,18,22-25H,1,6-7,12-17H2,2-4H3,(H,44,45)/t22-,23+,24+,25?,32?,33?/m1/s1. The number of hydrogen-bond donors (Lipinski definition) is 1. The van der Waals surface area contributed by atoms with Crippen molar-refractivity contribution < 1.29 is 48.3 Å². The molecule has 5 aliphatic heterocycles. The Labute approximate surface area is 286 Å². The Morgan fingerprint density at radius 1 is 1.02 bits per heavy atom. The zero-order valence-electron chi connectivity index (χ0n) is 27.9. The molecule has 1 N–H and O–H groups in total. The molecule has 5 saturated heterocycles. The summed E-state index contributed by atoms with van der Waals surface area (Å²) in [7, 11) is 0. The number of ether oxygens (including phenoxy) is 1. The molecule has 5 aliphatic rings. The van der Waals surface area contributed by atoms with Crippen LogP contribution in [0.1, 0.15) is 52.9 Å². The van der Waals surface area contributed by atoms with Gasteiger partial charge in [0.2, 0.25) is 11.8 Å². The van der Waals surface area contributed by atoms with Crippen molar-refractivity contribution in [2.45, 2.75) is 94.2 Å². The van der Waals surface area contributed by atoms with Gasteiger partial charge in [-0.3, -0.25) is 43.8 Å². The fourth-order valence-electron chi connectivity index (χ4n) is 8.52. The van der Waals surface area contributed by atoms with Crippen molar-refractivity contribution in [1.29, 1.82) is 0 Å². The van der Waals surface area contributed by atoms with E-state index in [-0.39, 0.29) is 43.7 Å². The van der Waals surface area contributed by atoms with E-state index in [0.717, 1.165) is 28.9 Å². The van der Waals surface area contributed by atoms with Crippen LogP contribution >= 0.6 is 0 Å². The number of hydrogen-bond acceptors (Lipinski definition) is 10. The fourth-order valence-corrected chi connectivity index (χ4v) is 8.52. The minimum absolute atomic E-state index is 0.0535. The van der Waals surface area contributed by atoms with Crippen LogP contribution in [0.15, 0.2) is 36.9 Å². The number of carboxylic acid groups (broad SMARTS) is 1. The molecule has 5 amide bonds. The second kappa shape index (κ2) is 12.2. The molecule has 0 bridgehead atoms. The van der Waals surface area contributed by atoms with Crippen molar-refractivity contribution in [3.05, 3.63) is 47.0 Å². The van der Waals surface area contributed by atoms with E-state index in [2.05, 4.69) is 6.58 Å². The number of rotatable bonds is 8. The highest BCUT2D eigenvalue weighted by Crippen LogP contribution is 2.49. The molecule has 2 spiro atoms. The van der Waals surface area contributed by atoms with Crippen LogP contribution in [0.4, 0.5) is 11.4 Å². The number of carbonyl (C=O) groups excluding carboxylic acids is 6. The number of carbonyl (C=O) groups is 7. The van der Waals surface area contributed by atoms with Gasteiger partial charge in [-0.15, -0.1) is 6.58 Å². The minimum Gasteiger partial charge on any atom is -0.480 e. The van der Waals surface area contributed by atoms with E-state index >= 15 is 0 Å². The molecular formula is C33H38N6O11. The maximum absolute atomic E-state index is 14.8. The van der Waals surface area contributed by atoms with Gasteiger partial charge in [0.1, 0.15) is 35.3 Å². The van der Waals surface area contributed by atoms with Gasteiger partial charge in [0.25, 0.3) is 23.4 Å². The van der Waals surface area contributed by atoms with Crippen LogP contribution < -0.4 is 4.90 Å². The lowest BCUT2D eigenvalue weighted by molar-refractivity contribution is -0.384. The average Bonchev–Trinajstić information content (AvgIpc) is 3.78. The number of likely N-dealkylation sites (tertiary alicyclic amines) is 1. The molecule has 5 heterocycles. The maximum atomic E-state index is 14.8. The Hall–Kier alpha value is -5.35. The number of non-ortho nitro benzene ring substituents is 1. The molecule has 3 unspecified atom stereocenters. The van der Waals surface area contributed by atoms with E-state index in [1.807, 2.05) is 0 Å². The predicted octanol–water partition coefficient (Wildman–Crippen LogP) is 0.455. The van der Waals surface area contributed by atoms with Gasteiger partial charge in [-0.25, -0.2) is 4.79 Å². The molecule has 50 heavy (non-hydrogen) atoms. The van der Waals surface area contributed by atoms with Crippen LogP contribution in [0, 0.1) is 10.1 Å². The van der Waals surface area contributed by atoms with Gasteiger partial charge in [0.05, 0.1) is 24.6 Å². The normalized spacial score (nSPS) is 30.4. The average molecular weight is 695 g/mol. The van der Waals surface area contributed by atoms with Gasteiger partial charge in [-0.2, -0.15) is 0 Å². The van der Waals surface area contributed by atoms with Crippen LogP contribution in [0.25, 0.3) is 0 Å². The lowest BCUT2D eigenvalue weighted by Crippen LogP contribution is -2.73. The highest BCUT2D eigenvalue weighted by molar-refractivity contribution is 6.14. The lowest BCUT2D eigenvalue weighted by atomic mass is 9.84. The molecule has 6 rings (SSSR count). The molecule has 0 radical (unpaired) electrons. The van der Waals surface area contributed by atoms with E-state index < -0.39 is 101 Å². The number of nitrogens with zero attached hydrogens (tertiary/aromatic N) is 6. The van der Waals surface area contributed by atoms with E-state index in [1.165, 1.54) is 26.8 Å². The second-order valence-corrected chi connectivity index (χ2v) is 13.8. The van der Waals surface area contributed by atoms with Crippen LogP contribution in [0.2, 0.25) is 0 Å². The van der Waals surface area contributed by atoms with Crippen LogP contribution in [0.3, 0.4) is 0 Å². The molecular weight excluding hydrogens is 656 g/mol. The molecule has 5 fully saturated rings. The molecule has 0 aliphatic carbocycles.